The summed E-state index contributed by atoms with van der Waals surface area (Å²) in [5.41, 5.74) is 0.552. The first kappa shape index (κ1) is 9.45. The van der Waals surface area contributed by atoms with Crippen LogP contribution < -0.4 is 9.47 Å². The minimum Gasteiger partial charge on any atom is -0.711 e. The second-order valence-corrected chi connectivity index (χ2v) is 3.11. The Labute approximate surface area is 87.4 Å². The van der Waals surface area contributed by atoms with E-state index < -0.39 is 0 Å². The third-order valence-corrected chi connectivity index (χ3v) is 1.94. The van der Waals surface area contributed by atoms with Gasteiger partial charge in [0.25, 0.3) is 6.33 Å². The predicted octanol–water partition coefficient (Wildman–Crippen LogP) is 1.82. The van der Waals surface area contributed by atoms with E-state index in [9.17, 15) is 5.21 Å². The van der Waals surface area contributed by atoms with Gasteiger partial charge in [-0.1, -0.05) is 18.2 Å². The second-order valence-electron chi connectivity index (χ2n) is 3.11. The lowest BCUT2D eigenvalue weighted by Gasteiger charge is -2.04. The lowest BCUT2D eigenvalue weighted by Crippen LogP contribution is -2.29. The second kappa shape index (κ2) is 3.96. The third kappa shape index (κ3) is 2.22. The number of para-hydroxylation sites is 1. The van der Waals surface area contributed by atoms with Gasteiger partial charge in [0, 0.05) is 0 Å². The Morgan fingerprint density at radius 3 is 2.67 bits per heavy atom. The van der Waals surface area contributed by atoms with Gasteiger partial charge < -0.3 is 9.94 Å². The van der Waals surface area contributed by atoms with E-state index in [4.69, 9.17) is 4.74 Å². The van der Waals surface area contributed by atoms with E-state index in [1.165, 1.54) is 6.33 Å². The van der Waals surface area contributed by atoms with Gasteiger partial charge in [-0.2, -0.15) is 0 Å². The molecule has 1 aromatic heterocycles. The predicted molar refractivity (Wildman–Crippen MR) is 54.5 cm³/mol. The Morgan fingerprint density at radius 2 is 2.00 bits per heavy atom. The van der Waals surface area contributed by atoms with Crippen LogP contribution in [0.1, 0.15) is 5.69 Å². The van der Waals surface area contributed by atoms with Gasteiger partial charge >= 0.3 is 5.88 Å². The maximum Gasteiger partial charge on any atom is 0.337 e. The zero-order valence-electron chi connectivity index (χ0n) is 8.25. The lowest BCUT2D eigenvalue weighted by molar-refractivity contribution is -0.615. The molecule has 2 rings (SSSR count). The number of nitrogens with zero attached hydrogens (tertiary/aromatic N) is 2. The van der Waals surface area contributed by atoms with Gasteiger partial charge in [0.15, 0.2) is 0 Å². The zero-order chi connectivity index (χ0) is 10.7. The van der Waals surface area contributed by atoms with Crippen LogP contribution in [-0.2, 0) is 0 Å². The molecule has 0 aliphatic heterocycles. The number of hydrogen-bond acceptors (Lipinski definition) is 3. The van der Waals surface area contributed by atoms with E-state index in [2.05, 4.69) is 4.98 Å². The van der Waals surface area contributed by atoms with Crippen molar-refractivity contribution in [2.45, 2.75) is 6.92 Å². The van der Waals surface area contributed by atoms with E-state index in [0.29, 0.717) is 22.1 Å². The molecule has 4 nitrogen and oxygen atoms in total. The highest BCUT2D eigenvalue weighted by Gasteiger charge is 2.05. The first-order chi connectivity index (χ1) is 7.25. The number of benzene rings is 1. The summed E-state index contributed by atoms with van der Waals surface area (Å²) in [6, 6.07) is 10.9. The molecule has 2 aromatic rings. The Morgan fingerprint density at radius 1 is 1.27 bits per heavy atom. The monoisotopic (exact) mass is 202 g/mol. The minimum absolute atomic E-state index is 0.422. The molecule has 0 unspecified atom stereocenters. The number of aromatic nitrogens is 2. The van der Waals surface area contributed by atoms with E-state index >= 15 is 0 Å². The van der Waals surface area contributed by atoms with Crippen LogP contribution in [0.25, 0.3) is 0 Å². The van der Waals surface area contributed by atoms with E-state index in [0.717, 1.165) is 0 Å². The molecule has 0 radical (unpaired) electrons. The fourth-order valence-electron chi connectivity index (χ4n) is 1.15. The smallest absolute Gasteiger partial charge is 0.337 e. The minimum atomic E-state index is 0.422. The van der Waals surface area contributed by atoms with E-state index in [1.807, 2.05) is 30.3 Å². The van der Waals surface area contributed by atoms with Crippen LogP contribution in [0.15, 0.2) is 42.7 Å². The average Bonchev–Trinajstić information content (AvgIpc) is 2.25. The van der Waals surface area contributed by atoms with Gasteiger partial charge in [-0.15, -0.1) is 0 Å². The van der Waals surface area contributed by atoms with Crippen molar-refractivity contribution in [3.8, 4) is 11.6 Å². The largest absolute Gasteiger partial charge is 0.711 e. The maximum absolute atomic E-state index is 11.0. The van der Waals surface area contributed by atoms with Gasteiger partial charge in [0.05, 0.1) is 6.07 Å². The van der Waals surface area contributed by atoms with Crippen LogP contribution in [0.3, 0.4) is 0 Å². The summed E-state index contributed by atoms with van der Waals surface area (Å²) in [5, 5.41) is 11.0. The molecule has 0 fully saturated rings. The quantitative estimate of drug-likeness (QED) is 0.551. The van der Waals surface area contributed by atoms with Crippen LogP contribution in [0.2, 0.25) is 0 Å². The van der Waals surface area contributed by atoms with Crippen LogP contribution in [0, 0.1) is 12.1 Å². The van der Waals surface area contributed by atoms with Gasteiger partial charge in [-0.05, 0) is 24.0 Å². The summed E-state index contributed by atoms with van der Waals surface area (Å²) < 4.78 is 6.14. The summed E-state index contributed by atoms with van der Waals surface area (Å²) >= 11 is 0. The molecule has 0 atom stereocenters. The Hall–Kier alpha value is -2.10. The van der Waals surface area contributed by atoms with Gasteiger partial charge in [-0.25, -0.2) is 4.73 Å². The SMILES string of the molecule is Cc1cc(Oc2ccccc2)nc[n+]1[O-]. The van der Waals surface area contributed by atoms with Crippen LogP contribution in [0.5, 0.6) is 11.6 Å². The average molecular weight is 202 g/mol. The molecule has 76 valence electrons. The standard InChI is InChI=1S/C11H10N2O2/c1-9-7-11(12-8-13(9)14)15-10-5-3-2-4-6-10/h2-8H,1H3. The fourth-order valence-corrected chi connectivity index (χ4v) is 1.15. The summed E-state index contributed by atoms with van der Waals surface area (Å²) in [5.74, 6) is 1.12. The highest BCUT2D eigenvalue weighted by molar-refractivity contribution is 5.26. The van der Waals surface area contributed by atoms with Crippen molar-refractivity contribution in [3.05, 3.63) is 53.6 Å². The van der Waals surface area contributed by atoms with E-state index in [1.54, 1.807) is 13.0 Å². The number of ether oxygens (including phenoxy) is 1. The zero-order valence-corrected chi connectivity index (χ0v) is 8.25. The molecule has 0 N–H and O–H groups in total. The molecule has 0 bridgehead atoms. The molecular weight excluding hydrogens is 192 g/mol. The molecule has 4 heteroatoms. The summed E-state index contributed by atoms with van der Waals surface area (Å²) in [7, 11) is 0. The van der Waals surface area contributed by atoms with Crippen molar-refractivity contribution in [3.63, 3.8) is 0 Å². The molecule has 0 saturated heterocycles. The van der Waals surface area contributed by atoms with Crippen molar-refractivity contribution in [2.75, 3.05) is 0 Å². The van der Waals surface area contributed by atoms with Crippen LogP contribution in [0.4, 0.5) is 0 Å². The van der Waals surface area contributed by atoms with Gasteiger partial charge in [-0.3, -0.25) is 0 Å². The summed E-state index contributed by atoms with van der Waals surface area (Å²) in [4.78, 5) is 3.86. The molecule has 0 aliphatic rings. The number of hydrogen-bond donors (Lipinski definition) is 0. The normalized spacial score (nSPS) is 9.93. The Balaban J connectivity index is 2.22. The molecular formula is C11H10N2O2. The highest BCUT2D eigenvalue weighted by Crippen LogP contribution is 2.17. The molecule has 15 heavy (non-hydrogen) atoms. The maximum atomic E-state index is 11.0. The molecule has 1 aromatic carbocycles. The lowest BCUT2D eigenvalue weighted by atomic mass is 10.3. The van der Waals surface area contributed by atoms with Crippen molar-refractivity contribution in [1.29, 1.82) is 0 Å². The summed E-state index contributed by atoms with van der Waals surface area (Å²) in [6.07, 6.45) is 1.19. The van der Waals surface area contributed by atoms with Crippen molar-refractivity contribution < 1.29 is 9.47 Å². The van der Waals surface area contributed by atoms with Crippen molar-refractivity contribution in [2.24, 2.45) is 0 Å². The van der Waals surface area contributed by atoms with Crippen LogP contribution >= 0.6 is 0 Å². The molecule has 0 spiro atoms. The fraction of sp³-hybridized carbons (Fsp3) is 0.0909. The first-order valence-electron chi connectivity index (χ1n) is 4.54. The molecule has 0 saturated carbocycles. The third-order valence-electron chi connectivity index (χ3n) is 1.94. The van der Waals surface area contributed by atoms with Gasteiger partial charge in [0.1, 0.15) is 11.4 Å². The van der Waals surface area contributed by atoms with E-state index in [-0.39, 0.29) is 0 Å². The Bertz CT molecular complexity index is 457. The number of rotatable bonds is 2. The van der Waals surface area contributed by atoms with Crippen LogP contribution in [-0.4, -0.2) is 4.98 Å². The van der Waals surface area contributed by atoms with Crippen molar-refractivity contribution >= 4 is 0 Å². The summed E-state index contributed by atoms with van der Waals surface area (Å²) in [6.45, 7) is 1.70. The highest BCUT2D eigenvalue weighted by atomic mass is 16.5. The first-order valence-corrected chi connectivity index (χ1v) is 4.54. The molecule has 1 heterocycles. The Kier molecular flexibility index (Phi) is 2.49. The number of aryl methyl sites for hydroxylation is 1. The molecule has 0 aliphatic carbocycles. The van der Waals surface area contributed by atoms with Crippen molar-refractivity contribution in [1.82, 2.24) is 4.98 Å². The topological polar surface area (TPSA) is 49.1 Å². The van der Waals surface area contributed by atoms with Gasteiger partial charge in [0.2, 0.25) is 0 Å². The molecule has 0 amide bonds.